The summed E-state index contributed by atoms with van der Waals surface area (Å²) in [6.07, 6.45) is 1.40. The predicted octanol–water partition coefficient (Wildman–Crippen LogP) is 5.68. The fraction of sp³-hybridized carbons (Fsp3) is 0.842. The molecule has 5 heteroatoms. The van der Waals surface area contributed by atoms with E-state index in [1.165, 1.54) is 0 Å². The van der Waals surface area contributed by atoms with E-state index in [2.05, 4.69) is 72.6 Å². The van der Waals surface area contributed by atoms with Crippen LogP contribution in [-0.2, 0) is 9.22 Å². The summed E-state index contributed by atoms with van der Waals surface area (Å²) in [5.74, 6) is 2.64. The minimum atomic E-state index is -2.00. The van der Waals surface area contributed by atoms with Crippen molar-refractivity contribution in [2.45, 2.75) is 103 Å². The van der Waals surface area contributed by atoms with Gasteiger partial charge in [0, 0.05) is 6.42 Å². The number of carbonyl (C=O) groups is 1. The van der Waals surface area contributed by atoms with E-state index in [4.69, 9.17) is 9.53 Å². The molecule has 0 amide bonds. The molecule has 0 aromatic carbocycles. The van der Waals surface area contributed by atoms with Gasteiger partial charge >= 0.3 is 5.97 Å². The van der Waals surface area contributed by atoms with Crippen LogP contribution in [0.5, 0.6) is 0 Å². The van der Waals surface area contributed by atoms with Crippen molar-refractivity contribution in [3.63, 3.8) is 0 Å². The summed E-state index contributed by atoms with van der Waals surface area (Å²) < 4.78 is 6.79. The molecule has 0 rings (SSSR count). The summed E-state index contributed by atoms with van der Waals surface area (Å²) in [4.78, 5) is 10.8. The van der Waals surface area contributed by atoms with Crippen LogP contribution in [0.3, 0.4) is 0 Å². The highest BCUT2D eigenvalue weighted by atomic mass is 28.4. The maximum absolute atomic E-state index is 10.8. The lowest BCUT2D eigenvalue weighted by Crippen LogP contribution is -2.50. The lowest BCUT2D eigenvalue weighted by Gasteiger charge is -2.43. The molecule has 0 saturated heterocycles. The van der Waals surface area contributed by atoms with Crippen LogP contribution in [0.2, 0.25) is 36.3 Å². The molecule has 1 N–H and O–H groups in total. The molecule has 0 saturated carbocycles. The fourth-order valence-electron chi connectivity index (χ4n) is 3.55. The highest BCUT2D eigenvalue weighted by Gasteiger charge is 2.46. The lowest BCUT2D eigenvalue weighted by molar-refractivity contribution is -0.137. The smallest absolute Gasteiger partial charge is 0.303 e. The van der Waals surface area contributed by atoms with Crippen molar-refractivity contribution in [3.8, 4) is 11.5 Å². The number of carboxylic acid groups (broad SMARTS) is 1. The first-order valence-electron chi connectivity index (χ1n) is 9.25. The summed E-state index contributed by atoms with van der Waals surface area (Å²) in [6, 6.07) is 0. The Morgan fingerprint density at radius 1 is 1.00 bits per heavy atom. The van der Waals surface area contributed by atoms with Crippen LogP contribution < -0.4 is 0 Å². The monoisotopic (exact) mass is 370 g/mol. The number of carboxylic acids is 1. The molecule has 1 atom stereocenters. The Morgan fingerprint density at radius 2 is 1.46 bits per heavy atom. The SMILES string of the molecule is CC(C)[Si](OC(C#C[Si](C)(C)C)CCCC(=O)O)(C(C)C)C(C)C. The van der Waals surface area contributed by atoms with Crippen LogP contribution >= 0.6 is 0 Å². The van der Waals surface area contributed by atoms with Crippen LogP contribution in [-0.4, -0.2) is 33.6 Å². The van der Waals surface area contributed by atoms with Gasteiger partial charge in [0.25, 0.3) is 0 Å². The highest BCUT2D eigenvalue weighted by Crippen LogP contribution is 2.43. The Hall–Kier alpha value is -0.576. The van der Waals surface area contributed by atoms with Crippen molar-refractivity contribution in [3.05, 3.63) is 0 Å². The van der Waals surface area contributed by atoms with Crippen molar-refractivity contribution in [1.82, 2.24) is 0 Å². The summed E-state index contributed by atoms with van der Waals surface area (Å²) in [5.41, 5.74) is 4.96. The first-order chi connectivity index (χ1) is 10.8. The molecule has 0 aromatic rings. The number of hydrogen-bond donors (Lipinski definition) is 1. The molecule has 0 aromatic heterocycles. The third-order valence-electron chi connectivity index (χ3n) is 4.52. The van der Waals surface area contributed by atoms with Crippen LogP contribution in [0, 0.1) is 11.5 Å². The minimum Gasteiger partial charge on any atom is -0.481 e. The van der Waals surface area contributed by atoms with Crippen molar-refractivity contribution < 1.29 is 14.3 Å². The zero-order valence-corrected chi connectivity index (χ0v) is 19.2. The zero-order chi connectivity index (χ0) is 19.1. The number of rotatable bonds is 9. The molecule has 0 spiro atoms. The van der Waals surface area contributed by atoms with E-state index in [9.17, 15) is 4.79 Å². The van der Waals surface area contributed by atoms with Crippen LogP contribution in [0.15, 0.2) is 0 Å². The second-order valence-electron chi connectivity index (χ2n) is 8.73. The van der Waals surface area contributed by atoms with Crippen LogP contribution in [0.25, 0.3) is 0 Å². The largest absolute Gasteiger partial charge is 0.481 e. The third kappa shape index (κ3) is 7.54. The normalized spacial score (nSPS) is 14.0. The molecular weight excluding hydrogens is 332 g/mol. The summed E-state index contributed by atoms with van der Waals surface area (Å²) >= 11 is 0. The van der Waals surface area contributed by atoms with Crippen molar-refractivity contribution in [2.75, 3.05) is 0 Å². The Kier molecular flexibility index (Phi) is 9.55. The Balaban J connectivity index is 5.50. The van der Waals surface area contributed by atoms with Gasteiger partial charge < -0.3 is 9.53 Å². The molecule has 1 unspecified atom stereocenters. The van der Waals surface area contributed by atoms with Gasteiger partial charge in [-0.1, -0.05) is 67.1 Å². The molecule has 0 bridgehead atoms. The van der Waals surface area contributed by atoms with Gasteiger partial charge in [-0.25, -0.2) is 0 Å². The van der Waals surface area contributed by atoms with E-state index in [1.54, 1.807) is 0 Å². The van der Waals surface area contributed by atoms with Crippen LogP contribution in [0.4, 0.5) is 0 Å². The van der Waals surface area contributed by atoms with Crippen molar-refractivity contribution in [1.29, 1.82) is 0 Å². The zero-order valence-electron chi connectivity index (χ0n) is 17.2. The van der Waals surface area contributed by atoms with Crippen molar-refractivity contribution in [2.24, 2.45) is 0 Å². The number of aliphatic carboxylic acids is 1. The molecule has 0 aliphatic carbocycles. The van der Waals surface area contributed by atoms with E-state index in [0.717, 1.165) is 0 Å². The molecular formula is C19H38O3Si2. The van der Waals surface area contributed by atoms with E-state index in [0.29, 0.717) is 29.5 Å². The highest BCUT2D eigenvalue weighted by molar-refractivity contribution is 6.83. The number of hydrogen-bond acceptors (Lipinski definition) is 2. The molecule has 0 aliphatic rings. The average molecular weight is 371 g/mol. The first-order valence-corrected chi connectivity index (χ1v) is 14.9. The van der Waals surface area contributed by atoms with Gasteiger partial charge in [-0.15, -0.1) is 5.54 Å². The Labute approximate surface area is 151 Å². The second-order valence-corrected chi connectivity index (χ2v) is 18.9. The molecule has 3 nitrogen and oxygen atoms in total. The third-order valence-corrected chi connectivity index (χ3v) is 11.5. The van der Waals surface area contributed by atoms with E-state index in [1.807, 2.05) is 0 Å². The van der Waals surface area contributed by atoms with E-state index in [-0.39, 0.29) is 12.5 Å². The minimum absolute atomic E-state index is 0.130. The molecule has 140 valence electrons. The van der Waals surface area contributed by atoms with Crippen LogP contribution in [0.1, 0.15) is 60.8 Å². The topological polar surface area (TPSA) is 46.5 Å². The molecule has 0 aliphatic heterocycles. The second kappa shape index (κ2) is 9.79. The first kappa shape index (κ1) is 23.4. The molecule has 0 heterocycles. The maximum Gasteiger partial charge on any atom is 0.303 e. The maximum atomic E-state index is 10.8. The van der Waals surface area contributed by atoms with E-state index < -0.39 is 22.4 Å². The summed E-state index contributed by atoms with van der Waals surface area (Å²) in [5, 5.41) is 8.92. The molecule has 24 heavy (non-hydrogen) atoms. The Bertz CT molecular complexity index is 432. The van der Waals surface area contributed by atoms with Gasteiger partial charge in [0.1, 0.15) is 14.2 Å². The van der Waals surface area contributed by atoms with Crippen molar-refractivity contribution >= 4 is 22.4 Å². The van der Waals surface area contributed by atoms with Gasteiger partial charge in [-0.05, 0) is 29.5 Å². The van der Waals surface area contributed by atoms with E-state index >= 15 is 0 Å². The molecule has 0 radical (unpaired) electrons. The van der Waals surface area contributed by atoms with Gasteiger partial charge in [0.2, 0.25) is 8.32 Å². The predicted molar refractivity (Wildman–Crippen MR) is 109 cm³/mol. The standard InChI is InChI=1S/C19H38O3Si2/c1-15(2)24(16(3)4,17(5)6)22-18(11-10-12-19(20)21)13-14-23(7,8)9/h15-18H,10-12H2,1-9H3,(H,20,21). The van der Waals surface area contributed by atoms with Gasteiger partial charge in [0.05, 0.1) is 0 Å². The summed E-state index contributed by atoms with van der Waals surface area (Å²) in [7, 11) is -3.48. The average Bonchev–Trinajstić information content (AvgIpc) is 2.38. The quantitative estimate of drug-likeness (QED) is 0.419. The van der Waals surface area contributed by atoms with Gasteiger partial charge in [-0.3, -0.25) is 4.79 Å². The summed E-state index contributed by atoms with van der Waals surface area (Å²) in [6.45, 7) is 20.3. The van der Waals surface area contributed by atoms with Gasteiger partial charge in [-0.2, -0.15) is 0 Å². The fourth-order valence-corrected chi connectivity index (χ4v) is 9.63. The van der Waals surface area contributed by atoms with Gasteiger partial charge in [0.15, 0.2) is 0 Å². The molecule has 0 fully saturated rings. The Morgan fingerprint density at radius 3 is 1.79 bits per heavy atom. The lowest BCUT2D eigenvalue weighted by atomic mass is 10.1.